The smallest absolute Gasteiger partial charge is 0.135 e. The third-order valence-electron chi connectivity index (χ3n) is 13.4. The van der Waals surface area contributed by atoms with Crippen LogP contribution in [0.5, 0.6) is 0 Å². The Bertz CT molecular complexity index is 4260. The number of rotatable bonds is 4. The largest absolute Gasteiger partial charge is 0.456 e. The number of aromatic nitrogens is 2. The molecule has 0 unspecified atom stereocenters. The molecule has 9 aromatic carbocycles. The minimum atomic E-state index is 0.817. The number of para-hydroxylation sites is 4. The maximum absolute atomic E-state index is 6.30. The van der Waals surface area contributed by atoms with Crippen LogP contribution in [0.25, 0.3) is 154 Å². The lowest BCUT2D eigenvalue weighted by molar-refractivity contribution is 0.668. The van der Waals surface area contributed by atoms with Crippen LogP contribution >= 0.6 is 0 Å². The number of pyridine rings is 2. The van der Waals surface area contributed by atoms with E-state index in [0.29, 0.717) is 0 Å². The lowest BCUT2D eigenvalue weighted by atomic mass is 9.93. The molecule has 0 spiro atoms. The summed E-state index contributed by atoms with van der Waals surface area (Å²) in [5.74, 6) is 0. The van der Waals surface area contributed by atoms with Crippen LogP contribution in [0.2, 0.25) is 0 Å². The third kappa shape index (κ3) is 5.18. The molecule has 0 atom stereocenters. The van der Waals surface area contributed by atoms with E-state index >= 15 is 0 Å². The van der Waals surface area contributed by atoms with E-state index in [4.69, 9.17) is 27.6 Å². The Balaban J connectivity index is 1.01. The highest BCUT2D eigenvalue weighted by molar-refractivity contribution is 6.13. The SMILES string of the molecule is c1ccc2c(c1)oc1ccc(-c3cc4ccc5cc(-c6ccc7oc8ccccc8c7c6)c(-c6ccc7oc8ccccc8c7c6)nc5c4nc3-c3ccc4oc5ccccc5c4c3)cc12. The first kappa shape index (κ1) is 35.5. The van der Waals surface area contributed by atoms with Crippen molar-refractivity contribution in [2.75, 3.05) is 0 Å². The number of nitrogens with zero attached hydrogens (tertiary/aromatic N) is 2. The molecule has 0 aliphatic rings. The van der Waals surface area contributed by atoms with E-state index < -0.39 is 0 Å². The molecule has 0 fully saturated rings. The molecule has 6 heteroatoms. The van der Waals surface area contributed by atoms with Gasteiger partial charge < -0.3 is 17.7 Å². The predicted molar refractivity (Wildman–Crippen MR) is 268 cm³/mol. The highest BCUT2D eigenvalue weighted by atomic mass is 16.3. The van der Waals surface area contributed by atoms with Crippen molar-refractivity contribution in [3.05, 3.63) is 194 Å². The van der Waals surface area contributed by atoms with E-state index in [1.165, 1.54) is 0 Å². The van der Waals surface area contributed by atoms with E-state index in [1.807, 2.05) is 48.5 Å². The second-order valence-electron chi connectivity index (χ2n) is 17.2. The van der Waals surface area contributed by atoms with Crippen LogP contribution < -0.4 is 0 Å². The molecule has 0 aliphatic heterocycles. The molecule has 6 aromatic heterocycles. The van der Waals surface area contributed by atoms with Gasteiger partial charge in [-0.2, -0.15) is 0 Å². The average Bonchev–Trinajstić information content (AvgIpc) is 4.15. The van der Waals surface area contributed by atoms with Gasteiger partial charge in [0.1, 0.15) is 44.7 Å². The second kappa shape index (κ2) is 13.3. The van der Waals surface area contributed by atoms with E-state index in [2.05, 4.69) is 146 Å². The lowest BCUT2D eigenvalue weighted by Gasteiger charge is -2.16. The van der Waals surface area contributed by atoms with Crippen LogP contribution in [0.15, 0.2) is 212 Å². The summed E-state index contributed by atoms with van der Waals surface area (Å²) >= 11 is 0. The van der Waals surface area contributed by atoms with Crippen molar-refractivity contribution < 1.29 is 17.7 Å². The zero-order chi connectivity index (χ0) is 43.0. The van der Waals surface area contributed by atoms with E-state index in [0.717, 1.165) is 154 Å². The van der Waals surface area contributed by atoms with Gasteiger partial charge in [-0.25, -0.2) is 9.97 Å². The van der Waals surface area contributed by atoms with Gasteiger partial charge in [-0.1, -0.05) is 97.1 Å². The molecule has 306 valence electrons. The molecule has 0 amide bonds. The number of fused-ring (bicyclic) bond motifs is 15. The fraction of sp³-hybridized carbons (Fsp3) is 0. The number of benzene rings is 9. The zero-order valence-electron chi connectivity index (χ0n) is 35.0. The number of hydrogen-bond donors (Lipinski definition) is 0. The van der Waals surface area contributed by atoms with E-state index in [-0.39, 0.29) is 0 Å². The Morgan fingerprint density at radius 1 is 0.242 bits per heavy atom. The van der Waals surface area contributed by atoms with E-state index in [9.17, 15) is 0 Å². The van der Waals surface area contributed by atoms with Gasteiger partial charge in [-0.3, -0.25) is 0 Å². The van der Waals surface area contributed by atoms with Gasteiger partial charge in [0, 0.05) is 76.1 Å². The maximum Gasteiger partial charge on any atom is 0.135 e. The molecule has 0 bridgehead atoms. The number of furan rings is 4. The quantitative estimate of drug-likeness (QED) is 0.164. The molecule has 0 N–H and O–H groups in total. The van der Waals surface area contributed by atoms with Crippen molar-refractivity contribution in [3.8, 4) is 44.8 Å². The van der Waals surface area contributed by atoms with Crippen molar-refractivity contribution >= 4 is 110 Å². The molecule has 6 nitrogen and oxygen atoms in total. The Hall–Kier alpha value is -9.00. The monoisotopic (exact) mass is 844 g/mol. The Morgan fingerprint density at radius 3 is 0.879 bits per heavy atom. The summed E-state index contributed by atoms with van der Waals surface area (Å²) in [4.78, 5) is 11.4. The van der Waals surface area contributed by atoms with Crippen molar-refractivity contribution in [1.29, 1.82) is 0 Å². The zero-order valence-corrected chi connectivity index (χ0v) is 35.0. The van der Waals surface area contributed by atoms with E-state index in [1.54, 1.807) is 0 Å². The third-order valence-corrected chi connectivity index (χ3v) is 13.4. The van der Waals surface area contributed by atoms with Gasteiger partial charge in [0.15, 0.2) is 0 Å². The minimum Gasteiger partial charge on any atom is -0.456 e. The minimum absolute atomic E-state index is 0.817. The first-order chi connectivity index (χ1) is 32.6. The normalized spacial score (nSPS) is 12.2. The second-order valence-corrected chi connectivity index (χ2v) is 17.2. The first-order valence-corrected chi connectivity index (χ1v) is 22.1. The van der Waals surface area contributed by atoms with Crippen molar-refractivity contribution in [2.45, 2.75) is 0 Å². The van der Waals surface area contributed by atoms with Crippen LogP contribution in [0.1, 0.15) is 0 Å². The molecular weight excluding hydrogens is 813 g/mol. The lowest BCUT2D eigenvalue weighted by Crippen LogP contribution is -1.96. The topological polar surface area (TPSA) is 78.3 Å². The summed E-state index contributed by atoms with van der Waals surface area (Å²) in [6.07, 6.45) is 0. The molecule has 0 saturated heterocycles. The Morgan fingerprint density at radius 2 is 0.530 bits per heavy atom. The summed E-state index contributed by atoms with van der Waals surface area (Å²) in [5, 5.41) is 10.5. The van der Waals surface area contributed by atoms with Crippen LogP contribution in [0, 0.1) is 0 Å². The highest BCUT2D eigenvalue weighted by Crippen LogP contribution is 2.44. The fourth-order valence-electron chi connectivity index (χ4n) is 10.3. The molecule has 6 heterocycles. The molecule has 15 aromatic rings. The van der Waals surface area contributed by atoms with Crippen molar-refractivity contribution in [1.82, 2.24) is 9.97 Å². The van der Waals surface area contributed by atoms with Crippen molar-refractivity contribution in [3.63, 3.8) is 0 Å². The predicted octanol–water partition coefficient (Wildman–Crippen LogP) is 17.0. The van der Waals surface area contributed by atoms with Crippen LogP contribution in [-0.2, 0) is 0 Å². The van der Waals surface area contributed by atoms with Crippen LogP contribution in [0.4, 0.5) is 0 Å². The summed E-state index contributed by atoms with van der Waals surface area (Å²) < 4.78 is 25.2. The van der Waals surface area contributed by atoms with Gasteiger partial charge in [0.25, 0.3) is 0 Å². The van der Waals surface area contributed by atoms with Gasteiger partial charge in [0.05, 0.1) is 22.4 Å². The molecular formula is C60H32N2O4. The van der Waals surface area contributed by atoms with Gasteiger partial charge in [-0.15, -0.1) is 0 Å². The summed E-state index contributed by atoms with van der Waals surface area (Å²) in [6, 6.07) is 67.4. The summed E-state index contributed by atoms with van der Waals surface area (Å²) in [7, 11) is 0. The number of hydrogen-bond acceptors (Lipinski definition) is 6. The molecule has 66 heavy (non-hydrogen) atoms. The van der Waals surface area contributed by atoms with Crippen LogP contribution in [-0.4, -0.2) is 9.97 Å². The van der Waals surface area contributed by atoms with Crippen molar-refractivity contribution in [2.24, 2.45) is 0 Å². The summed E-state index contributed by atoms with van der Waals surface area (Å²) in [6.45, 7) is 0. The molecule has 0 aliphatic carbocycles. The summed E-state index contributed by atoms with van der Waals surface area (Å²) in [5.41, 5.74) is 16.2. The highest BCUT2D eigenvalue weighted by Gasteiger charge is 2.21. The maximum atomic E-state index is 6.30. The van der Waals surface area contributed by atoms with Gasteiger partial charge >= 0.3 is 0 Å². The van der Waals surface area contributed by atoms with Crippen LogP contribution in [0.3, 0.4) is 0 Å². The Kier molecular flexibility index (Phi) is 7.13. The molecule has 0 radical (unpaired) electrons. The van der Waals surface area contributed by atoms with Gasteiger partial charge in [-0.05, 0) is 108 Å². The fourth-order valence-corrected chi connectivity index (χ4v) is 10.3. The standard InChI is InChI=1S/C60H32N2O4/c1-5-13-49-39(9-1)45-27-33(19-23-53(45)63-49)43-29-37-17-18-38-30-44(34-20-24-54-46(28-34)40-10-2-6-14-50(40)64-54)58(36-22-26-56-48(32-36)42-12-4-8-16-52(42)66-56)62-60(38)59(37)61-57(43)35-21-25-55-47(31-35)41-11-3-7-15-51(41)65-55/h1-32H. The Labute approximate surface area is 374 Å². The first-order valence-electron chi connectivity index (χ1n) is 22.1. The molecule has 15 rings (SSSR count). The molecule has 0 saturated carbocycles. The average molecular weight is 845 g/mol. The van der Waals surface area contributed by atoms with Gasteiger partial charge in [0.2, 0.25) is 0 Å².